The number of hydrogen-bond acceptors (Lipinski definition) is 7. The van der Waals surface area contributed by atoms with E-state index in [1.54, 1.807) is 6.07 Å². The van der Waals surface area contributed by atoms with Crippen molar-refractivity contribution >= 4 is 17.8 Å². The van der Waals surface area contributed by atoms with Gasteiger partial charge in [0.15, 0.2) is 11.5 Å². The quantitative estimate of drug-likeness (QED) is 0.259. The van der Waals surface area contributed by atoms with Crippen LogP contribution in [0.1, 0.15) is 38.7 Å². The van der Waals surface area contributed by atoms with E-state index in [0.29, 0.717) is 12.0 Å². The molecule has 0 saturated heterocycles. The highest BCUT2D eigenvalue weighted by atomic mass is 16.6. The van der Waals surface area contributed by atoms with Crippen LogP contribution < -0.4 is 5.32 Å². The molecular weight excluding hydrogens is 354 g/mol. The fraction of sp³-hybridized carbons (Fsp3) is 0.421. The summed E-state index contributed by atoms with van der Waals surface area (Å²) in [5.74, 6) is -2.82. The van der Waals surface area contributed by atoms with Crippen molar-refractivity contribution in [3.8, 4) is 11.5 Å². The number of phenols is 2. The number of carbonyl (C=O) groups is 3. The number of hydrogen-bond donors (Lipinski definition) is 3. The van der Waals surface area contributed by atoms with Gasteiger partial charge in [-0.15, -0.1) is 0 Å². The molecule has 3 N–H and O–H groups in total. The first kappa shape index (κ1) is 22.0. The van der Waals surface area contributed by atoms with Gasteiger partial charge >= 0.3 is 11.9 Å². The van der Waals surface area contributed by atoms with E-state index < -0.39 is 29.8 Å². The van der Waals surface area contributed by atoms with Gasteiger partial charge in [-0.25, -0.2) is 9.59 Å². The minimum atomic E-state index is -1.01. The smallest absolute Gasteiger partial charge is 0.333 e. The van der Waals surface area contributed by atoms with Crippen molar-refractivity contribution in [1.82, 2.24) is 5.32 Å². The maximum Gasteiger partial charge on any atom is 0.333 e. The fourth-order valence-electron chi connectivity index (χ4n) is 2.47. The predicted octanol–water partition coefficient (Wildman–Crippen LogP) is 1.76. The second-order valence-corrected chi connectivity index (χ2v) is 6.02. The van der Waals surface area contributed by atoms with Crippen molar-refractivity contribution < 1.29 is 34.1 Å². The average Bonchev–Trinajstić information content (AvgIpc) is 2.60. The molecule has 0 aliphatic heterocycles. The molecule has 0 radical (unpaired) electrons. The molecule has 148 valence electrons. The number of aromatic hydroxyl groups is 2. The Kier molecular flexibility index (Phi) is 8.32. The van der Waals surface area contributed by atoms with Crippen molar-refractivity contribution in [2.75, 3.05) is 13.2 Å². The Labute approximate surface area is 157 Å². The molecule has 0 spiro atoms. The average molecular weight is 379 g/mol. The van der Waals surface area contributed by atoms with Crippen molar-refractivity contribution in [2.45, 2.75) is 39.2 Å². The monoisotopic (exact) mass is 379 g/mol. The van der Waals surface area contributed by atoms with Crippen LogP contribution in [0.2, 0.25) is 0 Å². The van der Waals surface area contributed by atoms with E-state index in [0.717, 1.165) is 0 Å². The van der Waals surface area contributed by atoms with Crippen LogP contribution >= 0.6 is 0 Å². The minimum Gasteiger partial charge on any atom is -0.504 e. The maximum absolute atomic E-state index is 12.5. The highest BCUT2D eigenvalue weighted by Crippen LogP contribution is 2.32. The van der Waals surface area contributed by atoms with Gasteiger partial charge < -0.3 is 25.0 Å². The lowest BCUT2D eigenvalue weighted by atomic mass is 9.88. The van der Waals surface area contributed by atoms with Gasteiger partial charge in [-0.05, 0) is 31.0 Å². The SMILES string of the molecule is C=C(C)C(=O)OCCOC(=O)C(NC(C)=O)C(CC)c1ccc(O)c(O)c1. The van der Waals surface area contributed by atoms with Gasteiger partial charge in [0.25, 0.3) is 0 Å². The predicted molar refractivity (Wildman–Crippen MR) is 97.1 cm³/mol. The molecule has 1 rings (SSSR count). The Hall–Kier alpha value is -3.03. The summed E-state index contributed by atoms with van der Waals surface area (Å²) in [4.78, 5) is 35.3. The summed E-state index contributed by atoms with van der Waals surface area (Å²) >= 11 is 0. The van der Waals surface area contributed by atoms with Gasteiger partial charge in [-0.2, -0.15) is 0 Å². The molecule has 0 heterocycles. The molecule has 2 unspecified atom stereocenters. The Morgan fingerprint density at radius 3 is 2.26 bits per heavy atom. The van der Waals surface area contributed by atoms with Crippen molar-refractivity contribution in [3.05, 3.63) is 35.9 Å². The molecule has 0 saturated carbocycles. The minimum absolute atomic E-state index is 0.138. The lowest BCUT2D eigenvalue weighted by molar-refractivity contribution is -0.153. The highest BCUT2D eigenvalue weighted by molar-refractivity contribution is 5.87. The van der Waals surface area contributed by atoms with E-state index in [9.17, 15) is 24.6 Å². The summed E-state index contributed by atoms with van der Waals surface area (Å²) in [7, 11) is 0. The van der Waals surface area contributed by atoms with E-state index >= 15 is 0 Å². The van der Waals surface area contributed by atoms with Crippen LogP contribution in [-0.2, 0) is 23.9 Å². The van der Waals surface area contributed by atoms with E-state index in [1.807, 2.05) is 6.92 Å². The summed E-state index contributed by atoms with van der Waals surface area (Å²) in [6.07, 6.45) is 0.453. The summed E-state index contributed by atoms with van der Waals surface area (Å²) in [6.45, 7) is 7.71. The zero-order valence-corrected chi connectivity index (χ0v) is 15.7. The van der Waals surface area contributed by atoms with Crippen LogP contribution in [0.25, 0.3) is 0 Å². The number of benzene rings is 1. The number of esters is 2. The Morgan fingerprint density at radius 2 is 1.74 bits per heavy atom. The van der Waals surface area contributed by atoms with Crippen molar-refractivity contribution in [2.24, 2.45) is 0 Å². The molecule has 1 aromatic carbocycles. The number of nitrogens with one attached hydrogen (secondary N) is 1. The third-order valence-electron chi connectivity index (χ3n) is 3.79. The third-order valence-corrected chi connectivity index (χ3v) is 3.79. The second kappa shape index (κ2) is 10.2. The summed E-state index contributed by atoms with van der Waals surface area (Å²) < 4.78 is 9.97. The standard InChI is InChI=1S/C19H25NO7/c1-5-14(13-6-7-15(22)16(23)10-13)17(20-12(4)21)19(25)27-9-8-26-18(24)11(2)3/h6-7,10,14,17,22-23H,2,5,8-9H2,1,3-4H3,(H,20,21). The molecule has 1 aromatic rings. The number of carbonyl (C=O) groups excluding carboxylic acids is 3. The molecule has 8 nitrogen and oxygen atoms in total. The van der Waals surface area contributed by atoms with Crippen molar-refractivity contribution in [3.63, 3.8) is 0 Å². The summed E-state index contributed by atoms with van der Waals surface area (Å²) in [6, 6.07) is 3.19. The van der Waals surface area contributed by atoms with Crippen LogP contribution in [0.5, 0.6) is 11.5 Å². The van der Waals surface area contributed by atoms with Gasteiger partial charge in [0.05, 0.1) is 0 Å². The fourth-order valence-corrected chi connectivity index (χ4v) is 2.47. The van der Waals surface area contributed by atoms with E-state index in [-0.39, 0.29) is 30.3 Å². The zero-order valence-electron chi connectivity index (χ0n) is 15.7. The van der Waals surface area contributed by atoms with E-state index in [1.165, 1.54) is 26.0 Å². The van der Waals surface area contributed by atoms with Crippen LogP contribution in [0, 0.1) is 0 Å². The van der Waals surface area contributed by atoms with Gasteiger partial charge in [0.1, 0.15) is 19.3 Å². The zero-order chi connectivity index (χ0) is 20.6. The van der Waals surface area contributed by atoms with Crippen LogP contribution in [0.3, 0.4) is 0 Å². The number of amides is 1. The molecule has 2 atom stereocenters. The molecular formula is C19H25NO7. The number of rotatable bonds is 9. The molecule has 1 amide bonds. The van der Waals surface area contributed by atoms with Gasteiger partial charge in [-0.1, -0.05) is 19.6 Å². The molecule has 0 aliphatic carbocycles. The Balaban J connectivity index is 2.86. The summed E-state index contributed by atoms with van der Waals surface area (Å²) in [5, 5.41) is 21.7. The molecule has 27 heavy (non-hydrogen) atoms. The van der Waals surface area contributed by atoms with Crippen LogP contribution in [0.15, 0.2) is 30.4 Å². The van der Waals surface area contributed by atoms with Crippen LogP contribution in [-0.4, -0.2) is 47.3 Å². The molecule has 0 fully saturated rings. The first-order chi connectivity index (χ1) is 12.7. The second-order valence-electron chi connectivity index (χ2n) is 6.02. The molecule has 8 heteroatoms. The number of ether oxygens (including phenoxy) is 2. The van der Waals surface area contributed by atoms with E-state index in [4.69, 9.17) is 9.47 Å². The maximum atomic E-state index is 12.5. The summed E-state index contributed by atoms with van der Waals surface area (Å²) in [5.41, 5.74) is 0.785. The molecule has 0 bridgehead atoms. The molecule has 0 aromatic heterocycles. The lowest BCUT2D eigenvalue weighted by Gasteiger charge is -2.26. The first-order valence-corrected chi connectivity index (χ1v) is 8.45. The largest absolute Gasteiger partial charge is 0.504 e. The topological polar surface area (TPSA) is 122 Å². The third kappa shape index (κ3) is 6.65. The van der Waals surface area contributed by atoms with Crippen molar-refractivity contribution in [1.29, 1.82) is 0 Å². The lowest BCUT2D eigenvalue weighted by Crippen LogP contribution is -2.45. The van der Waals surface area contributed by atoms with E-state index in [2.05, 4.69) is 11.9 Å². The number of phenolic OH excluding ortho intramolecular Hbond substituents is 2. The van der Waals surface area contributed by atoms with Gasteiger partial charge in [-0.3, -0.25) is 4.79 Å². The van der Waals surface area contributed by atoms with Gasteiger partial charge in [0.2, 0.25) is 5.91 Å². The normalized spacial score (nSPS) is 12.6. The molecule has 0 aliphatic rings. The van der Waals surface area contributed by atoms with Gasteiger partial charge in [0, 0.05) is 18.4 Å². The first-order valence-electron chi connectivity index (χ1n) is 8.45. The highest BCUT2D eigenvalue weighted by Gasteiger charge is 2.31. The Morgan fingerprint density at radius 1 is 1.11 bits per heavy atom. The Bertz CT molecular complexity index is 714. The van der Waals surface area contributed by atoms with Crippen LogP contribution in [0.4, 0.5) is 0 Å².